The average molecular weight is 291 g/mol. The van der Waals surface area contributed by atoms with Crippen LogP contribution in [-0.2, 0) is 16.0 Å². The Bertz CT molecular complexity index is 458. The molecule has 0 fully saturated rings. The van der Waals surface area contributed by atoms with Crippen LogP contribution in [0.25, 0.3) is 0 Å². The molecule has 4 N–H and O–H groups in total. The van der Waals surface area contributed by atoms with Crippen LogP contribution in [0.4, 0.5) is 0 Å². The molecule has 21 heavy (non-hydrogen) atoms. The Kier molecular flexibility index (Phi) is 6.88. The van der Waals surface area contributed by atoms with Crippen molar-refractivity contribution in [2.45, 2.75) is 38.6 Å². The van der Waals surface area contributed by atoms with Gasteiger partial charge in [0.25, 0.3) is 0 Å². The van der Waals surface area contributed by atoms with Crippen molar-refractivity contribution < 1.29 is 9.59 Å². The maximum absolute atomic E-state index is 11.8. The molecule has 0 saturated carbocycles. The zero-order chi connectivity index (χ0) is 15.7. The standard InChI is InChI=1S/C16H25N3O2/c1-3-10-16(2,17)15(21)19-12-14(20)18-11-9-13-7-5-4-6-8-13/h4-8H,3,9-12,17H2,1-2H3,(H,18,20)(H,19,21). The molecule has 1 atom stereocenters. The first kappa shape index (κ1) is 17.2. The summed E-state index contributed by atoms with van der Waals surface area (Å²) in [5.74, 6) is -0.492. The van der Waals surface area contributed by atoms with E-state index in [1.54, 1.807) is 6.92 Å². The van der Waals surface area contributed by atoms with Gasteiger partial charge in [0.15, 0.2) is 0 Å². The lowest BCUT2D eigenvalue weighted by atomic mass is 9.96. The first-order valence-corrected chi connectivity index (χ1v) is 7.33. The highest BCUT2D eigenvalue weighted by atomic mass is 16.2. The minimum Gasteiger partial charge on any atom is -0.354 e. The van der Waals surface area contributed by atoms with Crippen LogP contribution in [0.15, 0.2) is 30.3 Å². The second-order valence-electron chi connectivity index (χ2n) is 5.44. The quantitative estimate of drug-likeness (QED) is 0.667. The summed E-state index contributed by atoms with van der Waals surface area (Å²) >= 11 is 0. The number of nitrogens with one attached hydrogen (secondary N) is 2. The highest BCUT2D eigenvalue weighted by molar-refractivity contribution is 5.89. The van der Waals surface area contributed by atoms with Crippen molar-refractivity contribution in [3.05, 3.63) is 35.9 Å². The number of carbonyl (C=O) groups excluding carboxylic acids is 2. The number of nitrogens with two attached hydrogens (primary N) is 1. The summed E-state index contributed by atoms with van der Waals surface area (Å²) in [5.41, 5.74) is 6.14. The van der Waals surface area contributed by atoms with E-state index in [1.165, 1.54) is 5.56 Å². The van der Waals surface area contributed by atoms with Crippen molar-refractivity contribution in [1.82, 2.24) is 10.6 Å². The van der Waals surface area contributed by atoms with Crippen molar-refractivity contribution in [2.75, 3.05) is 13.1 Å². The molecular formula is C16H25N3O2. The molecule has 5 nitrogen and oxygen atoms in total. The molecule has 0 heterocycles. The van der Waals surface area contributed by atoms with E-state index in [-0.39, 0.29) is 18.4 Å². The Morgan fingerprint density at radius 2 is 1.86 bits per heavy atom. The minimum atomic E-state index is -0.918. The van der Waals surface area contributed by atoms with Gasteiger partial charge in [0.05, 0.1) is 12.1 Å². The largest absolute Gasteiger partial charge is 0.354 e. The van der Waals surface area contributed by atoms with Crippen LogP contribution in [0.1, 0.15) is 32.3 Å². The Morgan fingerprint density at radius 1 is 1.19 bits per heavy atom. The minimum absolute atomic E-state index is 0.0376. The number of amides is 2. The molecule has 1 aromatic carbocycles. The Balaban J connectivity index is 2.24. The smallest absolute Gasteiger partial charge is 0.240 e. The molecule has 5 heteroatoms. The van der Waals surface area contributed by atoms with Crippen molar-refractivity contribution in [2.24, 2.45) is 5.73 Å². The second kappa shape index (κ2) is 8.42. The van der Waals surface area contributed by atoms with Gasteiger partial charge in [0.2, 0.25) is 11.8 Å². The zero-order valence-electron chi connectivity index (χ0n) is 12.8. The molecule has 1 unspecified atom stereocenters. The van der Waals surface area contributed by atoms with Gasteiger partial charge in [0.1, 0.15) is 0 Å². The highest BCUT2D eigenvalue weighted by Crippen LogP contribution is 2.07. The number of benzene rings is 1. The third-order valence-electron chi connectivity index (χ3n) is 3.28. The van der Waals surface area contributed by atoms with Crippen LogP contribution in [0.5, 0.6) is 0 Å². The van der Waals surface area contributed by atoms with Gasteiger partial charge in [-0.05, 0) is 25.3 Å². The molecule has 0 radical (unpaired) electrons. The summed E-state index contributed by atoms with van der Waals surface area (Å²) < 4.78 is 0. The van der Waals surface area contributed by atoms with Crippen LogP contribution in [0.2, 0.25) is 0 Å². The van der Waals surface area contributed by atoms with Crippen molar-refractivity contribution >= 4 is 11.8 Å². The number of hydrogen-bond donors (Lipinski definition) is 3. The van der Waals surface area contributed by atoms with Gasteiger partial charge >= 0.3 is 0 Å². The Morgan fingerprint density at radius 3 is 2.48 bits per heavy atom. The van der Waals surface area contributed by atoms with Gasteiger partial charge < -0.3 is 16.4 Å². The molecule has 0 aliphatic carbocycles. The van der Waals surface area contributed by atoms with E-state index in [0.29, 0.717) is 13.0 Å². The fourth-order valence-electron chi connectivity index (χ4n) is 2.05. The average Bonchev–Trinajstić information content (AvgIpc) is 2.45. The third kappa shape index (κ3) is 6.40. The monoisotopic (exact) mass is 291 g/mol. The van der Waals surface area contributed by atoms with Gasteiger partial charge in [-0.15, -0.1) is 0 Å². The maximum atomic E-state index is 11.8. The summed E-state index contributed by atoms with van der Waals surface area (Å²) in [6.07, 6.45) is 2.18. The normalized spacial score (nSPS) is 13.3. The topological polar surface area (TPSA) is 84.2 Å². The predicted molar refractivity (Wildman–Crippen MR) is 83.7 cm³/mol. The van der Waals surface area contributed by atoms with E-state index < -0.39 is 5.54 Å². The summed E-state index contributed by atoms with van der Waals surface area (Å²) in [4.78, 5) is 23.5. The summed E-state index contributed by atoms with van der Waals surface area (Å²) in [5, 5.41) is 5.36. The van der Waals surface area contributed by atoms with Crippen molar-refractivity contribution in [3.63, 3.8) is 0 Å². The van der Waals surface area contributed by atoms with Gasteiger partial charge in [0, 0.05) is 6.54 Å². The number of rotatable bonds is 8. The molecule has 1 aromatic rings. The number of hydrogen-bond acceptors (Lipinski definition) is 3. The fraction of sp³-hybridized carbons (Fsp3) is 0.500. The molecule has 116 valence electrons. The first-order chi connectivity index (χ1) is 9.95. The lowest BCUT2D eigenvalue weighted by Crippen LogP contribution is -2.53. The lowest BCUT2D eigenvalue weighted by Gasteiger charge is -2.22. The van der Waals surface area contributed by atoms with E-state index in [9.17, 15) is 9.59 Å². The molecule has 0 spiro atoms. The van der Waals surface area contributed by atoms with E-state index >= 15 is 0 Å². The molecule has 0 bridgehead atoms. The highest BCUT2D eigenvalue weighted by Gasteiger charge is 2.27. The molecule has 0 aliphatic rings. The maximum Gasteiger partial charge on any atom is 0.240 e. The van der Waals surface area contributed by atoms with Crippen LogP contribution < -0.4 is 16.4 Å². The van der Waals surface area contributed by atoms with E-state index in [0.717, 1.165) is 12.8 Å². The Labute approximate surface area is 126 Å². The molecule has 1 rings (SSSR count). The van der Waals surface area contributed by atoms with Gasteiger partial charge in [-0.3, -0.25) is 9.59 Å². The fourth-order valence-corrected chi connectivity index (χ4v) is 2.05. The van der Waals surface area contributed by atoms with Gasteiger partial charge in [-0.1, -0.05) is 43.7 Å². The van der Waals surface area contributed by atoms with Crippen molar-refractivity contribution in [3.8, 4) is 0 Å². The summed E-state index contributed by atoms with van der Waals surface area (Å²) in [6.45, 7) is 4.16. The molecule has 0 aliphatic heterocycles. The molecule has 0 aromatic heterocycles. The summed E-state index contributed by atoms with van der Waals surface area (Å²) in [7, 11) is 0. The van der Waals surface area contributed by atoms with E-state index in [1.807, 2.05) is 37.3 Å². The van der Waals surface area contributed by atoms with E-state index in [2.05, 4.69) is 10.6 Å². The van der Waals surface area contributed by atoms with Crippen LogP contribution in [0, 0.1) is 0 Å². The lowest BCUT2D eigenvalue weighted by molar-refractivity contribution is -0.129. The third-order valence-corrected chi connectivity index (χ3v) is 3.28. The zero-order valence-corrected chi connectivity index (χ0v) is 12.8. The Hall–Kier alpha value is -1.88. The number of carbonyl (C=O) groups is 2. The molecule has 0 saturated heterocycles. The molecule has 2 amide bonds. The van der Waals surface area contributed by atoms with Crippen LogP contribution >= 0.6 is 0 Å². The first-order valence-electron chi connectivity index (χ1n) is 7.33. The van der Waals surface area contributed by atoms with E-state index in [4.69, 9.17) is 5.73 Å². The van der Waals surface area contributed by atoms with Gasteiger partial charge in [-0.25, -0.2) is 0 Å². The SMILES string of the molecule is CCCC(C)(N)C(=O)NCC(=O)NCCc1ccccc1. The van der Waals surface area contributed by atoms with Crippen LogP contribution in [-0.4, -0.2) is 30.4 Å². The molecular weight excluding hydrogens is 266 g/mol. The predicted octanol–water partition coefficient (Wildman–Crippen LogP) is 0.979. The van der Waals surface area contributed by atoms with Crippen LogP contribution in [0.3, 0.4) is 0 Å². The van der Waals surface area contributed by atoms with Gasteiger partial charge in [-0.2, -0.15) is 0 Å². The summed E-state index contributed by atoms with van der Waals surface area (Å²) in [6, 6.07) is 9.91. The van der Waals surface area contributed by atoms with Crippen molar-refractivity contribution in [1.29, 1.82) is 0 Å². The second-order valence-corrected chi connectivity index (χ2v) is 5.44.